The van der Waals surface area contributed by atoms with E-state index >= 15 is 0 Å². The first-order valence-corrected chi connectivity index (χ1v) is 8.10. The van der Waals surface area contributed by atoms with Crippen LogP contribution in [0, 0.1) is 6.92 Å². The maximum Gasteiger partial charge on any atom is 0.252 e. The van der Waals surface area contributed by atoms with Crippen LogP contribution in [0.4, 0.5) is 0 Å². The topological polar surface area (TPSA) is 46.2 Å². The summed E-state index contributed by atoms with van der Waals surface area (Å²) in [6, 6.07) is 15.3. The Bertz CT molecular complexity index is 682. The minimum absolute atomic E-state index is 0.0973. The summed E-state index contributed by atoms with van der Waals surface area (Å²) in [6.45, 7) is 4.07. The lowest BCUT2D eigenvalue weighted by atomic mass is 10.1. The molecule has 1 amide bonds. The summed E-state index contributed by atoms with van der Waals surface area (Å²) in [5.74, 6) is 0.359. The van der Waals surface area contributed by atoms with Gasteiger partial charge in [-0.3, -0.25) is 9.59 Å². The number of nitrogens with one attached hydrogen (secondary N) is 1. The number of rotatable bonds is 6. The molecule has 0 saturated carbocycles. The highest BCUT2D eigenvalue weighted by Gasteiger charge is 2.12. The second-order valence-corrected chi connectivity index (χ2v) is 6.11. The van der Waals surface area contributed by atoms with Gasteiger partial charge >= 0.3 is 0 Å². The van der Waals surface area contributed by atoms with Gasteiger partial charge < -0.3 is 5.32 Å². The fraction of sp³-hybridized carbons (Fsp3) is 0.222. The number of Topliss-reactive ketones (excluding diaryl/α,β-unsaturated/α-hetero) is 1. The Balaban J connectivity index is 2.06. The molecule has 0 saturated heterocycles. The summed E-state index contributed by atoms with van der Waals surface area (Å²) in [5, 5.41) is 2.95. The largest absolute Gasteiger partial charge is 0.348 e. The molecule has 2 aromatic carbocycles. The van der Waals surface area contributed by atoms with Crippen molar-refractivity contribution < 1.29 is 9.59 Å². The van der Waals surface area contributed by atoms with Gasteiger partial charge in [0.2, 0.25) is 0 Å². The van der Waals surface area contributed by atoms with E-state index in [2.05, 4.69) is 5.32 Å². The first-order chi connectivity index (χ1) is 10.6. The van der Waals surface area contributed by atoms with Crippen molar-refractivity contribution in [2.45, 2.75) is 25.3 Å². The number of benzene rings is 2. The zero-order valence-corrected chi connectivity index (χ0v) is 13.6. The second kappa shape index (κ2) is 7.80. The molecule has 0 aliphatic rings. The molecule has 0 spiro atoms. The Morgan fingerprint density at radius 2 is 1.73 bits per heavy atom. The number of thioether (sulfide) groups is 1. The maximum absolute atomic E-state index is 12.4. The van der Waals surface area contributed by atoms with Crippen LogP contribution in [0.2, 0.25) is 0 Å². The van der Waals surface area contributed by atoms with E-state index in [0.717, 1.165) is 16.0 Å². The number of amides is 1. The summed E-state index contributed by atoms with van der Waals surface area (Å²) in [7, 11) is 0. The summed E-state index contributed by atoms with van der Waals surface area (Å²) in [5.41, 5.74) is 2.87. The van der Waals surface area contributed by atoms with Crippen LogP contribution in [0.5, 0.6) is 0 Å². The van der Waals surface area contributed by atoms with Crippen molar-refractivity contribution in [1.29, 1.82) is 0 Å². The zero-order valence-electron chi connectivity index (χ0n) is 12.8. The highest BCUT2D eigenvalue weighted by atomic mass is 32.2. The van der Waals surface area contributed by atoms with E-state index < -0.39 is 0 Å². The van der Waals surface area contributed by atoms with Crippen LogP contribution in [0.25, 0.3) is 0 Å². The van der Waals surface area contributed by atoms with Gasteiger partial charge in [0.05, 0.1) is 11.3 Å². The monoisotopic (exact) mass is 313 g/mol. The van der Waals surface area contributed by atoms with Crippen molar-refractivity contribution in [1.82, 2.24) is 5.32 Å². The molecule has 0 aliphatic carbocycles. The minimum atomic E-state index is -0.116. The Labute approximate surface area is 135 Å². The smallest absolute Gasteiger partial charge is 0.252 e. The standard InChI is InChI=1S/C18H19NO2S/c1-13-7-3-4-8-15(13)11-19-18(21)16-9-5-6-10-17(16)22-12-14(2)20/h3-10H,11-12H2,1-2H3,(H,19,21). The fourth-order valence-corrected chi connectivity index (χ4v) is 2.89. The molecular formula is C18H19NO2S. The van der Waals surface area contributed by atoms with Crippen molar-refractivity contribution >= 4 is 23.5 Å². The molecule has 0 bridgehead atoms. The van der Waals surface area contributed by atoms with E-state index in [0.29, 0.717) is 17.9 Å². The van der Waals surface area contributed by atoms with Gasteiger partial charge in [-0.15, -0.1) is 11.8 Å². The van der Waals surface area contributed by atoms with E-state index in [1.165, 1.54) is 11.8 Å². The van der Waals surface area contributed by atoms with E-state index in [1.54, 1.807) is 13.0 Å². The molecule has 0 atom stereocenters. The third-order valence-electron chi connectivity index (χ3n) is 3.26. The Morgan fingerprint density at radius 1 is 1.05 bits per heavy atom. The Hall–Kier alpha value is -2.07. The number of hydrogen-bond acceptors (Lipinski definition) is 3. The fourth-order valence-electron chi connectivity index (χ4n) is 2.04. The third kappa shape index (κ3) is 4.46. The van der Waals surface area contributed by atoms with Gasteiger partial charge in [-0.25, -0.2) is 0 Å². The van der Waals surface area contributed by atoms with Crippen LogP contribution in [0.15, 0.2) is 53.4 Å². The normalized spacial score (nSPS) is 10.3. The van der Waals surface area contributed by atoms with Crippen molar-refractivity contribution in [3.05, 3.63) is 65.2 Å². The maximum atomic E-state index is 12.4. The molecule has 22 heavy (non-hydrogen) atoms. The lowest BCUT2D eigenvalue weighted by Crippen LogP contribution is -2.23. The van der Waals surface area contributed by atoms with Crippen molar-refractivity contribution in [3.63, 3.8) is 0 Å². The van der Waals surface area contributed by atoms with Crippen LogP contribution in [0.3, 0.4) is 0 Å². The van der Waals surface area contributed by atoms with Crippen LogP contribution >= 0.6 is 11.8 Å². The number of carbonyl (C=O) groups excluding carboxylic acids is 2. The molecule has 114 valence electrons. The first-order valence-electron chi connectivity index (χ1n) is 7.12. The van der Waals surface area contributed by atoms with Gasteiger partial charge in [0.15, 0.2) is 0 Å². The lowest BCUT2D eigenvalue weighted by molar-refractivity contribution is -0.114. The average Bonchev–Trinajstić information content (AvgIpc) is 2.52. The Kier molecular flexibility index (Phi) is 5.78. The lowest BCUT2D eigenvalue weighted by Gasteiger charge is -2.10. The SMILES string of the molecule is CC(=O)CSc1ccccc1C(=O)NCc1ccccc1C. The quantitative estimate of drug-likeness (QED) is 0.829. The molecular weight excluding hydrogens is 294 g/mol. The molecule has 0 aromatic heterocycles. The predicted molar refractivity (Wildman–Crippen MR) is 90.2 cm³/mol. The van der Waals surface area contributed by atoms with Gasteiger partial charge in [-0.1, -0.05) is 36.4 Å². The van der Waals surface area contributed by atoms with Gasteiger partial charge in [0.25, 0.3) is 5.91 Å². The van der Waals surface area contributed by atoms with E-state index in [1.807, 2.05) is 49.4 Å². The van der Waals surface area contributed by atoms with E-state index in [9.17, 15) is 9.59 Å². The Morgan fingerprint density at radius 3 is 2.45 bits per heavy atom. The van der Waals surface area contributed by atoms with Gasteiger partial charge in [-0.2, -0.15) is 0 Å². The van der Waals surface area contributed by atoms with Crippen LogP contribution in [0.1, 0.15) is 28.4 Å². The number of hydrogen-bond donors (Lipinski definition) is 1. The predicted octanol–water partition coefficient (Wildman–Crippen LogP) is 3.61. The second-order valence-electron chi connectivity index (χ2n) is 5.10. The molecule has 3 nitrogen and oxygen atoms in total. The van der Waals surface area contributed by atoms with Crippen molar-refractivity contribution in [2.24, 2.45) is 0 Å². The molecule has 0 heterocycles. The summed E-state index contributed by atoms with van der Waals surface area (Å²) in [4.78, 5) is 24.3. The van der Waals surface area contributed by atoms with E-state index in [4.69, 9.17) is 0 Å². The highest BCUT2D eigenvalue weighted by molar-refractivity contribution is 8.00. The van der Waals surface area contributed by atoms with E-state index in [-0.39, 0.29) is 11.7 Å². The van der Waals surface area contributed by atoms with Crippen molar-refractivity contribution in [3.8, 4) is 0 Å². The summed E-state index contributed by atoms with van der Waals surface area (Å²) >= 11 is 1.40. The average molecular weight is 313 g/mol. The molecule has 4 heteroatoms. The zero-order chi connectivity index (χ0) is 15.9. The molecule has 0 unspecified atom stereocenters. The molecule has 0 radical (unpaired) electrons. The van der Waals surface area contributed by atoms with Crippen LogP contribution in [-0.2, 0) is 11.3 Å². The minimum Gasteiger partial charge on any atom is -0.348 e. The molecule has 0 fully saturated rings. The van der Waals surface area contributed by atoms with Crippen LogP contribution in [-0.4, -0.2) is 17.4 Å². The summed E-state index contributed by atoms with van der Waals surface area (Å²) < 4.78 is 0. The van der Waals surface area contributed by atoms with Crippen molar-refractivity contribution in [2.75, 3.05) is 5.75 Å². The number of ketones is 1. The third-order valence-corrected chi connectivity index (χ3v) is 4.48. The van der Waals surface area contributed by atoms with Crippen LogP contribution < -0.4 is 5.32 Å². The number of carbonyl (C=O) groups is 2. The molecule has 0 aliphatic heterocycles. The number of aryl methyl sites for hydroxylation is 1. The summed E-state index contributed by atoms with van der Waals surface area (Å²) in [6.07, 6.45) is 0. The highest BCUT2D eigenvalue weighted by Crippen LogP contribution is 2.22. The van der Waals surface area contributed by atoms with Gasteiger partial charge in [-0.05, 0) is 37.1 Å². The molecule has 1 N–H and O–H groups in total. The van der Waals surface area contributed by atoms with Gasteiger partial charge in [0.1, 0.15) is 5.78 Å². The first kappa shape index (κ1) is 16.3. The van der Waals surface area contributed by atoms with Gasteiger partial charge in [0, 0.05) is 11.4 Å². The molecule has 2 rings (SSSR count). The molecule has 2 aromatic rings.